The number of aliphatic carboxylic acids is 2. The van der Waals surface area contributed by atoms with Gasteiger partial charge in [-0.25, -0.2) is 0 Å². The molecule has 12 nitrogen and oxygen atoms in total. The summed E-state index contributed by atoms with van der Waals surface area (Å²) in [6.45, 7) is 2.32. The van der Waals surface area contributed by atoms with E-state index in [4.69, 9.17) is 17.3 Å². The lowest BCUT2D eigenvalue weighted by Gasteiger charge is -2.18. The third-order valence-corrected chi connectivity index (χ3v) is 9.97. The van der Waals surface area contributed by atoms with Crippen LogP contribution in [-0.2, 0) is 31.0 Å². The van der Waals surface area contributed by atoms with Crippen LogP contribution in [0.2, 0.25) is 0 Å². The topological polar surface area (TPSA) is 175 Å². The van der Waals surface area contributed by atoms with E-state index in [2.05, 4.69) is 0 Å². The molecule has 1 aromatic heterocycles. The van der Waals surface area contributed by atoms with Gasteiger partial charge in [0.05, 0.1) is 15.2 Å². The number of aromatic nitrogens is 1. The average molecular weight is 630 g/mol. The quantitative estimate of drug-likeness (QED) is 0.289. The van der Waals surface area contributed by atoms with Gasteiger partial charge in [-0.3, -0.25) is 33.2 Å². The number of thiocarbonyl (C=S) groups is 1. The van der Waals surface area contributed by atoms with E-state index >= 15 is 0 Å². The van der Waals surface area contributed by atoms with Crippen LogP contribution in [0.1, 0.15) is 11.1 Å². The average Bonchev–Trinajstić information content (AvgIpc) is 3.39. The summed E-state index contributed by atoms with van der Waals surface area (Å²) in [4.78, 5) is 51.6. The number of nitrogens with zero attached hydrogens (tertiary/aromatic N) is 3. The van der Waals surface area contributed by atoms with E-state index in [0.717, 1.165) is 48.6 Å². The van der Waals surface area contributed by atoms with Gasteiger partial charge in [-0.15, -0.1) is 11.3 Å². The zero-order chi connectivity index (χ0) is 28.8. The number of amides is 1. The van der Waals surface area contributed by atoms with Crippen molar-refractivity contribution in [2.24, 2.45) is 0 Å². The van der Waals surface area contributed by atoms with Crippen LogP contribution in [0, 0.1) is 13.8 Å². The molecule has 0 aliphatic carbocycles. The summed E-state index contributed by atoms with van der Waals surface area (Å²) >= 11 is 7.92. The molecular formula is C22H19N3O9S5. The van der Waals surface area contributed by atoms with E-state index in [9.17, 15) is 37.3 Å². The third-order valence-electron chi connectivity index (χ3n) is 5.55. The maximum absolute atomic E-state index is 13.2. The third kappa shape index (κ3) is 6.12. The Labute approximate surface area is 238 Å². The minimum Gasteiger partial charge on any atom is -0.480 e. The summed E-state index contributed by atoms with van der Waals surface area (Å²) in [6.07, 6.45) is 2.84. The Morgan fingerprint density at radius 3 is 2.26 bits per heavy atom. The first-order valence-corrected chi connectivity index (χ1v) is 15.3. The van der Waals surface area contributed by atoms with Crippen LogP contribution in [0.15, 0.2) is 32.9 Å². The molecule has 1 aromatic carbocycles. The largest absolute Gasteiger partial charge is 0.480 e. The number of carboxylic acid groups (broad SMARTS) is 2. The number of rotatable bonds is 7. The fourth-order valence-corrected chi connectivity index (χ4v) is 7.98. The lowest BCUT2D eigenvalue weighted by molar-refractivity contribution is -0.140. The van der Waals surface area contributed by atoms with Gasteiger partial charge in [-0.1, -0.05) is 35.7 Å². The van der Waals surface area contributed by atoms with Crippen LogP contribution in [0.25, 0.3) is 11.0 Å². The van der Waals surface area contributed by atoms with Crippen molar-refractivity contribution >= 4 is 96.0 Å². The number of thiazole rings is 1. The van der Waals surface area contributed by atoms with E-state index < -0.39 is 52.5 Å². The smallest absolute Gasteiger partial charge is 0.323 e. The van der Waals surface area contributed by atoms with Gasteiger partial charge in [-0.2, -0.15) is 8.42 Å². The Bertz CT molecular complexity index is 1770. The van der Waals surface area contributed by atoms with Crippen molar-refractivity contribution in [3.8, 4) is 0 Å². The molecule has 2 aliphatic heterocycles. The maximum Gasteiger partial charge on any atom is 0.323 e. The van der Waals surface area contributed by atoms with Crippen LogP contribution in [0.4, 0.5) is 5.69 Å². The van der Waals surface area contributed by atoms with Crippen molar-refractivity contribution in [1.82, 2.24) is 9.47 Å². The van der Waals surface area contributed by atoms with Crippen LogP contribution >= 0.6 is 47.1 Å². The Morgan fingerprint density at radius 1 is 1.00 bits per heavy atom. The first kappa shape index (κ1) is 29.0. The molecule has 3 N–H and O–H groups in total. The molecule has 0 unspecified atom stereocenters. The maximum atomic E-state index is 13.2. The summed E-state index contributed by atoms with van der Waals surface area (Å²) < 4.78 is 33.9. The SMILES string of the molecule is Cc1cc2c(cc1C)N(CS(=O)(=O)O)/C(=C\C=c1/s/c(=C3\SC(=S)N(CC(=O)O)C3=O)n(CC(=O)O)c1=O)S2. The fraction of sp³-hybridized carbons (Fsp3) is 0.227. The number of carbonyl (C=O) groups is 3. The number of hydrogen-bond donors (Lipinski definition) is 3. The standard InChI is InChI=1S/C22H19N3O9S5/c1-10-5-12-14(6-11(10)2)36-15(25(12)9-39(32,33)34)4-3-13-19(30)23(7-16(26)27)21(37-13)18-20(31)24(8-17(28)29)22(35)38-18/h3-6H,7-9H2,1-2H3,(H,26,27)(H,28,29)(H,32,33,34)/b13-3-,15-4+,21-18-. The zero-order valence-corrected chi connectivity index (χ0v) is 24.2. The van der Waals surface area contributed by atoms with Crippen molar-refractivity contribution in [2.75, 3.05) is 17.3 Å². The number of carboxylic acids is 2. The first-order valence-electron chi connectivity index (χ1n) is 10.8. The predicted octanol–water partition coefficient (Wildman–Crippen LogP) is 0.744. The second-order valence-corrected chi connectivity index (χ2v) is 13.5. The summed E-state index contributed by atoms with van der Waals surface area (Å²) in [5.41, 5.74) is 1.73. The van der Waals surface area contributed by atoms with E-state index in [-0.39, 0.29) is 18.4 Å². The van der Waals surface area contributed by atoms with E-state index in [1.807, 2.05) is 19.9 Å². The van der Waals surface area contributed by atoms with Gasteiger partial charge >= 0.3 is 11.9 Å². The van der Waals surface area contributed by atoms with Gasteiger partial charge in [0.15, 0.2) is 5.88 Å². The Morgan fingerprint density at radius 2 is 1.64 bits per heavy atom. The van der Waals surface area contributed by atoms with Gasteiger partial charge in [0, 0.05) is 4.90 Å². The molecule has 0 radical (unpaired) electrons. The van der Waals surface area contributed by atoms with Gasteiger partial charge < -0.3 is 15.1 Å². The van der Waals surface area contributed by atoms with Crippen LogP contribution in [-0.4, -0.2) is 67.2 Å². The highest BCUT2D eigenvalue weighted by Gasteiger charge is 2.35. The molecule has 2 aromatic rings. The highest BCUT2D eigenvalue weighted by molar-refractivity contribution is 8.30. The number of aryl methyl sites for hydroxylation is 2. The van der Waals surface area contributed by atoms with Crippen LogP contribution in [0.5, 0.6) is 0 Å². The van der Waals surface area contributed by atoms with Crippen molar-refractivity contribution in [1.29, 1.82) is 0 Å². The van der Waals surface area contributed by atoms with E-state index in [1.54, 1.807) is 6.07 Å². The summed E-state index contributed by atoms with van der Waals surface area (Å²) in [5, 5.41) is 18.8. The molecule has 1 saturated heterocycles. The number of fused-ring (bicyclic) bond motifs is 1. The van der Waals surface area contributed by atoms with Gasteiger partial charge in [-0.05, 0) is 49.3 Å². The molecule has 0 bridgehead atoms. The molecule has 17 heteroatoms. The molecule has 1 fully saturated rings. The first-order chi connectivity index (χ1) is 18.2. The summed E-state index contributed by atoms with van der Waals surface area (Å²) in [7, 11) is -4.42. The van der Waals surface area contributed by atoms with Crippen molar-refractivity contribution < 1.29 is 37.6 Å². The molecule has 3 heterocycles. The highest BCUT2D eigenvalue weighted by Crippen LogP contribution is 2.47. The van der Waals surface area contributed by atoms with E-state index in [0.29, 0.717) is 10.7 Å². The number of anilines is 1. The molecule has 2 aliphatic rings. The highest BCUT2D eigenvalue weighted by atomic mass is 32.2. The monoisotopic (exact) mass is 629 g/mol. The number of thioether (sulfide) groups is 2. The minimum atomic E-state index is -4.42. The number of benzene rings is 1. The Hall–Kier alpha value is -2.96. The number of allylic oxidation sites excluding steroid dienone is 1. The minimum absolute atomic E-state index is 0.000640. The molecule has 0 atom stereocenters. The molecule has 4 rings (SSSR count). The lowest BCUT2D eigenvalue weighted by atomic mass is 10.1. The lowest BCUT2D eigenvalue weighted by Crippen LogP contribution is -2.36. The molecule has 0 spiro atoms. The van der Waals surface area contributed by atoms with Gasteiger partial charge in [0.1, 0.15) is 27.0 Å². The summed E-state index contributed by atoms with van der Waals surface area (Å²) in [5.74, 6) is -4.12. The van der Waals surface area contributed by atoms with Crippen molar-refractivity contribution in [3.63, 3.8) is 0 Å². The normalized spacial score (nSPS) is 18.4. The second kappa shape index (κ2) is 10.9. The predicted molar refractivity (Wildman–Crippen MR) is 152 cm³/mol. The fourth-order valence-electron chi connectivity index (χ4n) is 3.70. The zero-order valence-electron chi connectivity index (χ0n) is 20.1. The van der Waals surface area contributed by atoms with Gasteiger partial charge in [0.25, 0.3) is 21.6 Å². The molecule has 39 heavy (non-hydrogen) atoms. The second-order valence-electron chi connectivity index (χ2n) is 8.36. The summed E-state index contributed by atoms with van der Waals surface area (Å²) in [6, 6.07) is 3.67. The molecular weight excluding hydrogens is 611 g/mol. The van der Waals surface area contributed by atoms with Crippen molar-refractivity contribution in [3.05, 3.63) is 53.9 Å². The van der Waals surface area contributed by atoms with E-state index in [1.165, 1.54) is 28.8 Å². The number of carbonyl (C=O) groups excluding carboxylic acids is 1. The number of hydrogen-bond acceptors (Lipinski definition) is 11. The molecule has 206 valence electrons. The van der Waals surface area contributed by atoms with Gasteiger partial charge in [0.2, 0.25) is 0 Å². The Balaban J connectivity index is 1.87. The van der Waals surface area contributed by atoms with Crippen molar-refractivity contribution in [2.45, 2.75) is 25.3 Å². The molecule has 0 saturated carbocycles. The Kier molecular flexibility index (Phi) is 8.11. The van der Waals surface area contributed by atoms with Crippen LogP contribution < -0.4 is 19.7 Å². The molecule has 1 amide bonds. The van der Waals surface area contributed by atoms with Crippen LogP contribution in [0.3, 0.4) is 0 Å².